The Balaban J connectivity index is 1.33. The van der Waals surface area contributed by atoms with Crippen LogP contribution in [0.4, 0.5) is 24.7 Å². The van der Waals surface area contributed by atoms with Crippen LogP contribution in [0.2, 0.25) is 15.1 Å². The zero-order chi connectivity index (χ0) is 40.7. The number of halogens is 6. The van der Waals surface area contributed by atoms with Crippen LogP contribution < -0.4 is 15.1 Å². The summed E-state index contributed by atoms with van der Waals surface area (Å²) < 4.78 is 46.3. The van der Waals surface area contributed by atoms with E-state index in [2.05, 4.69) is 10.4 Å². The number of pyridine rings is 1. The zero-order valence-electron chi connectivity index (χ0n) is 30.1. The van der Waals surface area contributed by atoms with Crippen molar-refractivity contribution in [3.05, 3.63) is 122 Å². The van der Waals surface area contributed by atoms with E-state index in [9.17, 15) is 32.7 Å². The number of phenolic OH excluding ortho intramolecular Hbond substituents is 1. The average Bonchev–Trinajstić information content (AvgIpc) is 3.55. The number of phenols is 1. The van der Waals surface area contributed by atoms with Crippen molar-refractivity contribution in [1.29, 1.82) is 0 Å². The number of hydrogen-bond donors (Lipinski definition) is 2. The van der Waals surface area contributed by atoms with Crippen LogP contribution in [-0.4, -0.2) is 45.3 Å². The molecule has 10 nitrogen and oxygen atoms in total. The number of anilines is 2. The number of amides is 4. The minimum absolute atomic E-state index is 0.101. The number of fused-ring (bicyclic) bond motifs is 4. The number of imide groups is 2. The van der Waals surface area contributed by atoms with E-state index in [1.54, 1.807) is 74.5 Å². The topological polar surface area (TPSA) is 129 Å². The second-order valence-corrected chi connectivity index (χ2v) is 15.7. The first-order valence-corrected chi connectivity index (χ1v) is 19.1. The molecule has 2 N–H and O–H groups in total. The lowest BCUT2D eigenvalue weighted by Gasteiger charge is -2.50. The van der Waals surface area contributed by atoms with Crippen LogP contribution in [0, 0.1) is 30.6 Å². The SMILES string of the molecule is CCOc1cccc(C2C3=CCC4C(=O)N(c5ccc(C)c(Cl)c5)C(=O)C4C3CC3C(=O)N(Nc4ncc(C(F)(F)F)cc4Cl)C(=O)C32c2ccc(Cl)cc2)c1O. The molecule has 2 aliphatic carbocycles. The summed E-state index contributed by atoms with van der Waals surface area (Å²) >= 11 is 19.0. The van der Waals surface area contributed by atoms with E-state index in [0.717, 1.165) is 10.5 Å². The number of aromatic hydroxyl groups is 1. The van der Waals surface area contributed by atoms with Gasteiger partial charge in [-0.2, -0.15) is 18.2 Å². The molecule has 0 spiro atoms. The summed E-state index contributed by atoms with van der Waals surface area (Å²) in [6.45, 7) is 3.71. The Labute approximate surface area is 339 Å². The Morgan fingerprint density at radius 1 is 0.947 bits per heavy atom. The van der Waals surface area contributed by atoms with E-state index in [4.69, 9.17) is 39.5 Å². The van der Waals surface area contributed by atoms with Crippen LogP contribution >= 0.6 is 34.8 Å². The predicted molar refractivity (Wildman–Crippen MR) is 205 cm³/mol. The average molecular weight is 840 g/mol. The summed E-state index contributed by atoms with van der Waals surface area (Å²) in [5.41, 5.74) is 1.75. The van der Waals surface area contributed by atoms with Crippen LogP contribution in [0.3, 0.4) is 0 Å². The number of ether oxygens (including phenoxy) is 1. The van der Waals surface area contributed by atoms with E-state index in [1.165, 1.54) is 0 Å². The molecule has 3 heterocycles. The highest BCUT2D eigenvalue weighted by Crippen LogP contribution is 2.65. The fraction of sp³-hybridized carbons (Fsp3) is 0.293. The molecule has 6 atom stereocenters. The van der Waals surface area contributed by atoms with Gasteiger partial charge in [0.25, 0.3) is 11.8 Å². The first-order chi connectivity index (χ1) is 27.1. The number of hydrogen-bond acceptors (Lipinski definition) is 8. The van der Waals surface area contributed by atoms with E-state index in [-0.39, 0.29) is 36.5 Å². The van der Waals surface area contributed by atoms with Gasteiger partial charge in [0.1, 0.15) is 0 Å². The molecule has 1 saturated carbocycles. The van der Waals surface area contributed by atoms with Gasteiger partial charge in [0, 0.05) is 27.7 Å². The molecule has 0 bridgehead atoms. The third-order valence-corrected chi connectivity index (χ3v) is 12.6. The second-order valence-electron chi connectivity index (χ2n) is 14.5. The molecular formula is C41H32Cl3F3N4O6. The van der Waals surface area contributed by atoms with Crippen LogP contribution in [-0.2, 0) is 30.8 Å². The van der Waals surface area contributed by atoms with Gasteiger partial charge in [-0.15, -0.1) is 0 Å². The molecule has 294 valence electrons. The number of carbonyl (C=O) groups is 4. The molecule has 4 amide bonds. The van der Waals surface area contributed by atoms with Crippen LogP contribution in [0.5, 0.6) is 11.5 Å². The molecule has 1 aromatic heterocycles. The highest BCUT2D eigenvalue weighted by molar-refractivity contribution is 6.33. The number of alkyl halides is 3. The van der Waals surface area contributed by atoms with Crippen LogP contribution in [0.1, 0.15) is 47.9 Å². The van der Waals surface area contributed by atoms with Crippen molar-refractivity contribution in [2.75, 3.05) is 16.9 Å². The largest absolute Gasteiger partial charge is 0.504 e. The molecule has 8 rings (SSSR count). The number of nitrogens with zero attached hydrogens (tertiary/aromatic N) is 3. The van der Waals surface area contributed by atoms with Gasteiger partial charge in [0.2, 0.25) is 11.8 Å². The van der Waals surface area contributed by atoms with E-state index in [0.29, 0.717) is 44.1 Å². The lowest BCUT2D eigenvalue weighted by Crippen LogP contribution is -2.53. The first-order valence-electron chi connectivity index (χ1n) is 18.0. The van der Waals surface area contributed by atoms with Crippen molar-refractivity contribution >= 4 is 69.9 Å². The maximum Gasteiger partial charge on any atom is 0.417 e. The van der Waals surface area contributed by atoms with Crippen molar-refractivity contribution < 1.29 is 42.2 Å². The smallest absolute Gasteiger partial charge is 0.417 e. The van der Waals surface area contributed by atoms with Gasteiger partial charge in [-0.1, -0.05) is 76.8 Å². The van der Waals surface area contributed by atoms with Crippen molar-refractivity contribution in [1.82, 2.24) is 9.99 Å². The zero-order valence-corrected chi connectivity index (χ0v) is 32.4. The van der Waals surface area contributed by atoms with Gasteiger partial charge in [0.05, 0.1) is 46.0 Å². The molecule has 16 heteroatoms. The minimum atomic E-state index is -4.77. The molecule has 2 aliphatic heterocycles. The van der Waals surface area contributed by atoms with Crippen molar-refractivity contribution in [3.8, 4) is 11.5 Å². The van der Waals surface area contributed by atoms with Gasteiger partial charge < -0.3 is 9.84 Å². The summed E-state index contributed by atoms with van der Waals surface area (Å²) in [5.74, 6) is -8.12. The lowest BCUT2D eigenvalue weighted by atomic mass is 9.49. The Bertz CT molecular complexity index is 2410. The third-order valence-electron chi connectivity index (χ3n) is 11.6. The van der Waals surface area contributed by atoms with Gasteiger partial charge in [-0.3, -0.25) is 24.6 Å². The van der Waals surface area contributed by atoms with Gasteiger partial charge in [0.15, 0.2) is 17.3 Å². The third kappa shape index (κ3) is 5.96. The molecule has 0 radical (unpaired) electrons. The number of aryl methyl sites for hydroxylation is 1. The number of carbonyl (C=O) groups excluding carboxylic acids is 4. The molecule has 3 fully saturated rings. The predicted octanol–water partition coefficient (Wildman–Crippen LogP) is 8.66. The molecule has 4 aromatic rings. The van der Waals surface area contributed by atoms with E-state index in [1.807, 2.05) is 6.08 Å². The number of aromatic nitrogens is 1. The van der Waals surface area contributed by atoms with Crippen molar-refractivity contribution in [2.24, 2.45) is 23.7 Å². The Hall–Kier alpha value is -5.11. The summed E-state index contributed by atoms with van der Waals surface area (Å²) in [7, 11) is 0. The summed E-state index contributed by atoms with van der Waals surface area (Å²) in [5, 5.41) is 12.8. The molecule has 4 aliphatic rings. The normalized spacial score (nSPS) is 25.6. The van der Waals surface area contributed by atoms with E-state index >= 15 is 4.79 Å². The number of hydrazine groups is 1. The highest BCUT2D eigenvalue weighted by atomic mass is 35.5. The van der Waals surface area contributed by atoms with E-state index < -0.39 is 81.2 Å². The number of para-hydroxylation sites is 1. The monoisotopic (exact) mass is 838 g/mol. The number of nitrogens with one attached hydrogen (secondary N) is 1. The number of allylic oxidation sites excluding steroid dienone is 2. The first kappa shape index (κ1) is 38.7. The lowest BCUT2D eigenvalue weighted by molar-refractivity contribution is -0.139. The quantitative estimate of drug-likeness (QED) is 0.140. The maximum absolute atomic E-state index is 15.4. The summed E-state index contributed by atoms with van der Waals surface area (Å²) in [6.07, 6.45) is -2.42. The minimum Gasteiger partial charge on any atom is -0.504 e. The molecule has 57 heavy (non-hydrogen) atoms. The number of rotatable bonds is 7. The second kappa shape index (κ2) is 14.1. The standard InChI is InChI=1S/C41H32Cl3F3N4O6/c1-3-57-31-6-4-5-26(34(31)52)33-24-13-14-25-32(38(55)50(36(25)53)23-12-7-19(2)29(43)16-23)27(24)17-28-37(54)51(39(56)40(28,33)20-8-10-22(42)11-9-20)49-35-30(44)15-21(18-48-35)41(45,46)47/h4-13,15-16,18,25,27-28,32-33,52H,3,14,17H2,1-2H3,(H,48,49). The summed E-state index contributed by atoms with van der Waals surface area (Å²) in [4.78, 5) is 64.0. The van der Waals surface area contributed by atoms with Gasteiger partial charge in [-0.05, 0) is 80.1 Å². The Kier molecular flexibility index (Phi) is 9.56. The van der Waals surface area contributed by atoms with Gasteiger partial charge >= 0.3 is 6.18 Å². The molecule has 2 saturated heterocycles. The highest BCUT2D eigenvalue weighted by Gasteiger charge is 2.71. The fourth-order valence-electron chi connectivity index (χ4n) is 9.15. The number of benzene rings is 3. The van der Waals surface area contributed by atoms with Crippen LogP contribution in [0.15, 0.2) is 84.6 Å². The molecule has 3 aromatic carbocycles. The fourth-order valence-corrected chi connectivity index (χ4v) is 9.66. The Morgan fingerprint density at radius 2 is 1.68 bits per heavy atom. The molecule has 6 unspecified atom stereocenters. The summed E-state index contributed by atoms with van der Waals surface area (Å²) in [6, 6.07) is 16.6. The Morgan fingerprint density at radius 3 is 2.35 bits per heavy atom. The van der Waals surface area contributed by atoms with Crippen molar-refractivity contribution in [3.63, 3.8) is 0 Å². The van der Waals surface area contributed by atoms with Gasteiger partial charge in [-0.25, -0.2) is 9.88 Å². The van der Waals surface area contributed by atoms with Crippen molar-refractivity contribution in [2.45, 2.75) is 44.2 Å². The maximum atomic E-state index is 15.4. The molecular weight excluding hydrogens is 808 g/mol. The van der Waals surface area contributed by atoms with Crippen LogP contribution in [0.25, 0.3) is 0 Å².